The fourth-order valence-electron chi connectivity index (χ4n) is 3.63. The lowest BCUT2D eigenvalue weighted by molar-refractivity contribution is -0.384. The van der Waals surface area contributed by atoms with Gasteiger partial charge in [-0.3, -0.25) is 25.2 Å². The van der Waals surface area contributed by atoms with Crippen LogP contribution < -0.4 is 4.74 Å². The zero-order valence-electron chi connectivity index (χ0n) is 17.3. The van der Waals surface area contributed by atoms with E-state index in [1.807, 2.05) is 31.4 Å². The predicted molar refractivity (Wildman–Crippen MR) is 120 cm³/mol. The van der Waals surface area contributed by atoms with E-state index in [-0.39, 0.29) is 17.1 Å². The molecule has 0 saturated heterocycles. The van der Waals surface area contributed by atoms with Gasteiger partial charge in [0.1, 0.15) is 11.6 Å². The molecule has 0 atom stereocenters. The Hall–Kier alpha value is -3.66. The molecule has 2 aromatic rings. The second kappa shape index (κ2) is 7.55. The van der Waals surface area contributed by atoms with Crippen molar-refractivity contribution in [2.75, 3.05) is 7.11 Å². The summed E-state index contributed by atoms with van der Waals surface area (Å²) >= 11 is 1.36. The number of rotatable bonds is 4. The van der Waals surface area contributed by atoms with Crippen molar-refractivity contribution in [2.24, 2.45) is 4.99 Å². The van der Waals surface area contributed by atoms with Gasteiger partial charge in [0.25, 0.3) is 11.6 Å². The van der Waals surface area contributed by atoms with E-state index in [0.717, 1.165) is 21.9 Å². The van der Waals surface area contributed by atoms with E-state index >= 15 is 0 Å². The number of amidine groups is 2. The molecular formula is C21H19N5O4S. The van der Waals surface area contributed by atoms with Gasteiger partial charge in [0.15, 0.2) is 5.17 Å². The molecule has 0 fully saturated rings. The largest absolute Gasteiger partial charge is 0.494 e. The molecule has 1 aromatic heterocycles. The minimum absolute atomic E-state index is 0.0628. The molecule has 0 spiro atoms. The molecule has 1 amide bonds. The van der Waals surface area contributed by atoms with Gasteiger partial charge in [0.05, 0.1) is 29.4 Å². The molecule has 9 nitrogen and oxygen atoms in total. The minimum atomic E-state index is -0.473. The standard InChI is InChI=1S/C21H19N5O4S/c1-11-7-14(8-16-19(22)24-10-12(2)31-21(24)23-20(16)27)13(3)25(11)17-6-5-15(26(28)29)9-18(17)30-4/h5-10,22H,1-4H3. The van der Waals surface area contributed by atoms with Crippen molar-refractivity contribution in [2.45, 2.75) is 20.8 Å². The second-order valence-corrected chi connectivity index (χ2v) is 8.31. The van der Waals surface area contributed by atoms with Gasteiger partial charge in [-0.05, 0) is 44.5 Å². The number of amides is 1. The zero-order valence-corrected chi connectivity index (χ0v) is 18.1. The summed E-state index contributed by atoms with van der Waals surface area (Å²) in [5.41, 5.74) is 3.18. The number of nitrogens with one attached hydrogen (secondary N) is 1. The zero-order chi connectivity index (χ0) is 22.4. The molecule has 1 N–H and O–H groups in total. The predicted octanol–water partition coefficient (Wildman–Crippen LogP) is 4.18. The van der Waals surface area contributed by atoms with Crippen LogP contribution in [0.4, 0.5) is 5.69 Å². The van der Waals surface area contributed by atoms with Gasteiger partial charge in [-0.2, -0.15) is 4.99 Å². The molecule has 2 aliphatic heterocycles. The number of nitro benzene ring substituents is 1. The maximum absolute atomic E-state index is 12.6. The van der Waals surface area contributed by atoms with E-state index in [1.54, 1.807) is 23.2 Å². The summed E-state index contributed by atoms with van der Waals surface area (Å²) in [6.07, 6.45) is 3.45. The molecule has 1 aromatic carbocycles. The van der Waals surface area contributed by atoms with E-state index in [2.05, 4.69) is 4.99 Å². The van der Waals surface area contributed by atoms with Crippen LogP contribution in [0.2, 0.25) is 0 Å². The molecule has 4 rings (SSSR count). The number of fused-ring (bicyclic) bond motifs is 1. The fourth-order valence-corrected chi connectivity index (χ4v) is 4.44. The van der Waals surface area contributed by atoms with E-state index in [0.29, 0.717) is 16.6 Å². The number of aliphatic imine (C=N–C) groups is 1. The van der Waals surface area contributed by atoms with Crippen molar-refractivity contribution in [1.29, 1.82) is 5.41 Å². The summed E-state index contributed by atoms with van der Waals surface area (Å²) in [7, 11) is 1.46. The lowest BCUT2D eigenvalue weighted by atomic mass is 10.1. The number of non-ortho nitro benzene ring substituents is 1. The fraction of sp³-hybridized carbons (Fsp3) is 0.190. The molecule has 0 saturated carbocycles. The van der Waals surface area contributed by atoms with Crippen molar-refractivity contribution < 1.29 is 14.5 Å². The lowest BCUT2D eigenvalue weighted by Crippen LogP contribution is -2.35. The SMILES string of the molecule is COc1cc([N+](=O)[O-])ccc1-n1c(C)cc(C=C2C(=N)N3C=C(C)SC3=NC2=O)c1C. The highest BCUT2D eigenvalue weighted by atomic mass is 32.2. The number of hydrogen-bond donors (Lipinski definition) is 1. The highest BCUT2D eigenvalue weighted by molar-refractivity contribution is 8.17. The Morgan fingerprint density at radius 3 is 2.68 bits per heavy atom. The van der Waals surface area contributed by atoms with Gasteiger partial charge in [-0.15, -0.1) is 0 Å². The van der Waals surface area contributed by atoms with E-state index in [1.165, 1.54) is 31.0 Å². The normalized spacial score (nSPS) is 17.0. The molecule has 3 heterocycles. The first-order valence-corrected chi connectivity index (χ1v) is 10.1. The average molecular weight is 437 g/mol. The molecule has 0 radical (unpaired) electrons. The number of allylic oxidation sites excluding steroid dienone is 1. The van der Waals surface area contributed by atoms with Crippen LogP contribution >= 0.6 is 11.8 Å². The van der Waals surface area contributed by atoms with Gasteiger partial charge >= 0.3 is 0 Å². The second-order valence-electron chi connectivity index (χ2n) is 7.09. The van der Waals surface area contributed by atoms with Gasteiger partial charge in [-0.1, -0.05) is 11.8 Å². The first-order chi connectivity index (χ1) is 14.7. The average Bonchev–Trinajstić information content (AvgIpc) is 3.23. The molecule has 0 unspecified atom stereocenters. The van der Waals surface area contributed by atoms with Gasteiger partial charge in [-0.25, -0.2) is 0 Å². The first-order valence-electron chi connectivity index (χ1n) is 9.32. The van der Waals surface area contributed by atoms with Crippen LogP contribution in [0.5, 0.6) is 5.75 Å². The minimum Gasteiger partial charge on any atom is -0.494 e. The molecule has 2 aliphatic rings. The molecule has 158 valence electrons. The highest BCUT2D eigenvalue weighted by Crippen LogP contribution is 2.34. The van der Waals surface area contributed by atoms with Gasteiger partial charge < -0.3 is 9.30 Å². The maximum Gasteiger partial charge on any atom is 0.283 e. The Morgan fingerprint density at radius 2 is 2.00 bits per heavy atom. The molecular weight excluding hydrogens is 418 g/mol. The highest BCUT2D eigenvalue weighted by Gasteiger charge is 2.33. The third kappa shape index (κ3) is 3.44. The molecule has 0 bridgehead atoms. The number of thioether (sulfide) groups is 1. The number of carbonyl (C=O) groups excluding carboxylic acids is 1. The van der Waals surface area contributed by atoms with Crippen LogP contribution in [0.15, 0.2) is 45.9 Å². The van der Waals surface area contributed by atoms with E-state index < -0.39 is 10.8 Å². The van der Waals surface area contributed by atoms with E-state index in [4.69, 9.17) is 10.1 Å². The van der Waals surface area contributed by atoms with Crippen LogP contribution in [0.1, 0.15) is 23.9 Å². The molecule has 10 heteroatoms. The lowest BCUT2D eigenvalue weighted by Gasteiger charge is -2.22. The number of nitro groups is 1. The Balaban J connectivity index is 1.79. The smallest absolute Gasteiger partial charge is 0.283 e. The summed E-state index contributed by atoms with van der Waals surface area (Å²) < 4.78 is 7.29. The third-order valence-electron chi connectivity index (χ3n) is 5.08. The Morgan fingerprint density at radius 1 is 1.26 bits per heavy atom. The van der Waals surface area contributed by atoms with Crippen molar-refractivity contribution in [3.8, 4) is 11.4 Å². The number of ether oxygens (including phenoxy) is 1. The number of aryl methyl sites for hydroxylation is 1. The van der Waals surface area contributed by atoms with Crippen LogP contribution in [0.25, 0.3) is 11.8 Å². The summed E-state index contributed by atoms with van der Waals surface area (Å²) in [6.45, 7) is 5.67. The van der Waals surface area contributed by atoms with Gasteiger partial charge in [0.2, 0.25) is 0 Å². The van der Waals surface area contributed by atoms with Crippen molar-refractivity contribution in [3.05, 3.63) is 68.0 Å². The van der Waals surface area contributed by atoms with Crippen molar-refractivity contribution >= 4 is 40.4 Å². The van der Waals surface area contributed by atoms with Crippen molar-refractivity contribution in [1.82, 2.24) is 9.47 Å². The van der Waals surface area contributed by atoms with Crippen LogP contribution in [-0.2, 0) is 4.79 Å². The van der Waals surface area contributed by atoms with Crippen LogP contribution in [0, 0.1) is 29.4 Å². The number of hydrogen-bond acceptors (Lipinski definition) is 6. The number of methoxy groups -OCH3 is 1. The third-order valence-corrected chi connectivity index (χ3v) is 5.98. The number of aromatic nitrogens is 1. The number of nitrogens with zero attached hydrogens (tertiary/aromatic N) is 4. The number of carbonyl (C=O) groups is 1. The summed E-state index contributed by atoms with van der Waals surface area (Å²) in [6, 6.07) is 6.32. The topological polar surface area (TPSA) is 114 Å². The Kier molecular flexibility index (Phi) is 5.02. The summed E-state index contributed by atoms with van der Waals surface area (Å²) in [5, 5.41) is 20.1. The summed E-state index contributed by atoms with van der Waals surface area (Å²) in [5.74, 6) is -0.0118. The molecule has 31 heavy (non-hydrogen) atoms. The Bertz CT molecular complexity index is 1250. The maximum atomic E-state index is 12.6. The quantitative estimate of drug-likeness (QED) is 0.436. The summed E-state index contributed by atoms with van der Waals surface area (Å²) in [4.78, 5) is 29.9. The van der Waals surface area contributed by atoms with Crippen LogP contribution in [0.3, 0.4) is 0 Å². The van der Waals surface area contributed by atoms with E-state index in [9.17, 15) is 14.9 Å². The van der Waals surface area contributed by atoms with Crippen LogP contribution in [-0.4, -0.2) is 38.4 Å². The van der Waals surface area contributed by atoms with Crippen molar-refractivity contribution in [3.63, 3.8) is 0 Å². The first kappa shape index (κ1) is 20.6. The molecule has 0 aliphatic carbocycles. The Labute approximate surface area is 182 Å². The van der Waals surface area contributed by atoms with Gasteiger partial charge in [0, 0.05) is 28.6 Å². The number of benzene rings is 1. The monoisotopic (exact) mass is 437 g/mol.